The van der Waals surface area contributed by atoms with Crippen LogP contribution < -0.4 is 4.74 Å². The number of hydrogen-bond donors (Lipinski definition) is 0. The average molecular weight is 323 g/mol. The highest BCUT2D eigenvalue weighted by molar-refractivity contribution is 7.89. The van der Waals surface area contributed by atoms with Crippen LogP contribution in [0.5, 0.6) is 5.75 Å². The summed E-state index contributed by atoms with van der Waals surface area (Å²) in [4.78, 5) is 12.0. The maximum atomic E-state index is 13.0. The Morgan fingerprint density at radius 1 is 1.27 bits per heavy atom. The molecule has 2 fully saturated rings. The molecule has 0 radical (unpaired) electrons. The molecule has 1 aliphatic carbocycles. The molecule has 22 heavy (non-hydrogen) atoms. The minimum absolute atomic E-state index is 0.159. The van der Waals surface area contributed by atoms with Crippen molar-refractivity contribution in [2.75, 3.05) is 13.7 Å². The predicted octanol–water partition coefficient (Wildman–Crippen LogP) is 2.14. The number of piperidine rings is 1. The van der Waals surface area contributed by atoms with Gasteiger partial charge in [-0.3, -0.25) is 4.79 Å². The summed E-state index contributed by atoms with van der Waals surface area (Å²) in [6.45, 7) is 2.07. The topological polar surface area (TPSA) is 63.7 Å². The molecule has 2 aliphatic rings. The Balaban J connectivity index is 1.96. The molecule has 120 valence electrons. The third-order valence-electron chi connectivity index (χ3n) is 4.55. The average Bonchev–Trinajstić information content (AvgIpc) is 3.31. The highest BCUT2D eigenvalue weighted by atomic mass is 32.2. The van der Waals surface area contributed by atoms with Crippen molar-refractivity contribution in [2.45, 2.75) is 43.5 Å². The molecule has 0 amide bonds. The zero-order valence-corrected chi connectivity index (χ0v) is 13.7. The van der Waals surface area contributed by atoms with Crippen molar-refractivity contribution in [1.29, 1.82) is 0 Å². The molecular formula is C16H21NO4S. The smallest absolute Gasteiger partial charge is 0.243 e. The molecule has 1 atom stereocenters. The van der Waals surface area contributed by atoms with Crippen molar-refractivity contribution in [3.8, 4) is 5.75 Å². The maximum Gasteiger partial charge on any atom is 0.243 e. The maximum absolute atomic E-state index is 13.0. The molecule has 0 spiro atoms. The van der Waals surface area contributed by atoms with Crippen molar-refractivity contribution in [3.63, 3.8) is 0 Å². The summed E-state index contributed by atoms with van der Waals surface area (Å²) in [5.74, 6) is 1.16. The Labute approximate surface area is 131 Å². The van der Waals surface area contributed by atoms with E-state index >= 15 is 0 Å². The number of ether oxygens (including phenoxy) is 1. The first-order valence-electron chi connectivity index (χ1n) is 7.61. The van der Waals surface area contributed by atoms with E-state index in [1.165, 1.54) is 0 Å². The van der Waals surface area contributed by atoms with E-state index in [2.05, 4.69) is 0 Å². The number of carbonyl (C=O) groups is 1. The standard InChI is InChI=1S/C16H21NO4S/c1-11-9-14(21-2)5-6-16(11)22(19,20)17-8-7-13(18)10-15(17)12-3-4-12/h5-6,9,12,15H,3-4,7-8,10H2,1-2H3. The highest BCUT2D eigenvalue weighted by Gasteiger charge is 2.44. The molecule has 1 aromatic carbocycles. The van der Waals surface area contributed by atoms with Crippen LogP contribution in [0.2, 0.25) is 0 Å². The van der Waals surface area contributed by atoms with Crippen LogP contribution in [0, 0.1) is 12.8 Å². The van der Waals surface area contributed by atoms with Crippen molar-refractivity contribution < 1.29 is 17.9 Å². The lowest BCUT2D eigenvalue weighted by Crippen LogP contribution is -2.47. The van der Waals surface area contributed by atoms with E-state index in [1.54, 1.807) is 36.5 Å². The lowest BCUT2D eigenvalue weighted by Gasteiger charge is -2.34. The van der Waals surface area contributed by atoms with Crippen LogP contribution in [0.3, 0.4) is 0 Å². The number of rotatable bonds is 4. The van der Waals surface area contributed by atoms with Gasteiger partial charge in [0.1, 0.15) is 11.5 Å². The van der Waals surface area contributed by atoms with Crippen LogP contribution >= 0.6 is 0 Å². The largest absolute Gasteiger partial charge is 0.497 e. The SMILES string of the molecule is COc1ccc(S(=O)(=O)N2CCC(=O)CC2C2CC2)c(C)c1. The fourth-order valence-corrected chi connectivity index (χ4v) is 5.08. The quantitative estimate of drug-likeness (QED) is 0.851. The lowest BCUT2D eigenvalue weighted by atomic mass is 10.00. The Bertz CT molecular complexity index is 694. The summed E-state index contributed by atoms with van der Waals surface area (Å²) in [6.07, 6.45) is 2.72. The Morgan fingerprint density at radius 2 is 2.00 bits per heavy atom. The third kappa shape index (κ3) is 2.77. The zero-order chi connectivity index (χ0) is 15.9. The number of methoxy groups -OCH3 is 1. The fraction of sp³-hybridized carbons (Fsp3) is 0.562. The molecule has 6 heteroatoms. The molecule has 1 aromatic rings. The molecule has 1 saturated carbocycles. The van der Waals surface area contributed by atoms with Gasteiger partial charge in [-0.1, -0.05) is 0 Å². The molecule has 5 nitrogen and oxygen atoms in total. The second-order valence-electron chi connectivity index (χ2n) is 6.14. The van der Waals surface area contributed by atoms with Crippen molar-refractivity contribution in [2.24, 2.45) is 5.92 Å². The molecule has 1 heterocycles. The van der Waals surface area contributed by atoms with E-state index < -0.39 is 10.0 Å². The number of aryl methyl sites for hydroxylation is 1. The number of nitrogens with zero attached hydrogens (tertiary/aromatic N) is 1. The van der Waals surface area contributed by atoms with E-state index in [-0.39, 0.29) is 11.8 Å². The fourth-order valence-electron chi connectivity index (χ4n) is 3.18. The molecule has 1 unspecified atom stereocenters. The first-order valence-corrected chi connectivity index (χ1v) is 9.05. The van der Waals surface area contributed by atoms with Gasteiger partial charge in [0.25, 0.3) is 0 Å². The number of Topliss-reactive ketones (excluding diaryl/α,β-unsaturated/α-hetero) is 1. The van der Waals surface area contributed by atoms with Gasteiger partial charge in [0.15, 0.2) is 0 Å². The first-order chi connectivity index (χ1) is 10.4. The van der Waals surface area contributed by atoms with Crippen LogP contribution in [-0.2, 0) is 14.8 Å². The molecule has 0 N–H and O–H groups in total. The van der Waals surface area contributed by atoms with Crippen LogP contribution in [0.25, 0.3) is 0 Å². The number of benzene rings is 1. The number of hydrogen-bond acceptors (Lipinski definition) is 4. The van der Waals surface area contributed by atoms with Gasteiger partial charge in [-0.05, 0) is 49.4 Å². The summed E-state index contributed by atoms with van der Waals surface area (Å²) >= 11 is 0. The predicted molar refractivity (Wildman–Crippen MR) is 82.4 cm³/mol. The van der Waals surface area contributed by atoms with Crippen molar-refractivity contribution in [1.82, 2.24) is 4.31 Å². The minimum Gasteiger partial charge on any atom is -0.497 e. The van der Waals surface area contributed by atoms with Gasteiger partial charge >= 0.3 is 0 Å². The van der Waals surface area contributed by atoms with Crippen LogP contribution in [0.1, 0.15) is 31.2 Å². The number of sulfonamides is 1. The van der Waals surface area contributed by atoms with Gasteiger partial charge in [-0.25, -0.2) is 8.42 Å². The number of ketones is 1. The van der Waals surface area contributed by atoms with Gasteiger partial charge in [-0.2, -0.15) is 4.31 Å². The molecule has 3 rings (SSSR count). The van der Waals surface area contributed by atoms with Crippen LogP contribution in [-0.4, -0.2) is 38.2 Å². The molecule has 1 saturated heterocycles. The van der Waals surface area contributed by atoms with Gasteiger partial charge in [0.2, 0.25) is 10.0 Å². The zero-order valence-electron chi connectivity index (χ0n) is 12.9. The van der Waals surface area contributed by atoms with Crippen molar-refractivity contribution >= 4 is 15.8 Å². The first kappa shape index (κ1) is 15.5. The van der Waals surface area contributed by atoms with E-state index in [0.717, 1.165) is 12.8 Å². The lowest BCUT2D eigenvalue weighted by molar-refractivity contribution is -0.122. The summed E-state index contributed by atoms with van der Waals surface area (Å²) < 4.78 is 32.8. The molecule has 0 aromatic heterocycles. The summed E-state index contributed by atoms with van der Waals surface area (Å²) in [5, 5.41) is 0. The monoisotopic (exact) mass is 323 g/mol. The molecule has 0 bridgehead atoms. The van der Waals surface area contributed by atoms with Gasteiger partial charge < -0.3 is 4.74 Å². The highest BCUT2D eigenvalue weighted by Crippen LogP contribution is 2.41. The van der Waals surface area contributed by atoms with Crippen LogP contribution in [0.15, 0.2) is 23.1 Å². The van der Waals surface area contributed by atoms with Gasteiger partial charge in [-0.15, -0.1) is 0 Å². The van der Waals surface area contributed by atoms with Crippen molar-refractivity contribution in [3.05, 3.63) is 23.8 Å². The van der Waals surface area contributed by atoms with E-state index in [0.29, 0.717) is 41.5 Å². The summed E-state index contributed by atoms with van der Waals surface area (Å²) in [5.41, 5.74) is 0.672. The molecular weight excluding hydrogens is 302 g/mol. The van der Waals surface area contributed by atoms with Gasteiger partial charge in [0, 0.05) is 25.4 Å². The van der Waals surface area contributed by atoms with E-state index in [9.17, 15) is 13.2 Å². The summed E-state index contributed by atoms with van der Waals surface area (Å²) in [7, 11) is -2.01. The Kier molecular flexibility index (Phi) is 3.99. The Hall–Kier alpha value is -1.40. The van der Waals surface area contributed by atoms with E-state index in [1.807, 2.05) is 0 Å². The Morgan fingerprint density at radius 3 is 2.59 bits per heavy atom. The second-order valence-corrected chi connectivity index (χ2v) is 8.00. The minimum atomic E-state index is -3.57. The number of carbonyl (C=O) groups excluding carboxylic acids is 1. The van der Waals surface area contributed by atoms with E-state index in [4.69, 9.17) is 4.74 Å². The van der Waals surface area contributed by atoms with Crippen LogP contribution in [0.4, 0.5) is 0 Å². The summed E-state index contributed by atoms with van der Waals surface area (Å²) in [6, 6.07) is 4.84. The van der Waals surface area contributed by atoms with Gasteiger partial charge in [0.05, 0.1) is 12.0 Å². The second kappa shape index (κ2) is 5.66. The third-order valence-corrected chi connectivity index (χ3v) is 6.64. The normalized spacial score (nSPS) is 23.5. The molecule has 1 aliphatic heterocycles.